The summed E-state index contributed by atoms with van der Waals surface area (Å²) in [5, 5.41) is 0. The van der Waals surface area contributed by atoms with Gasteiger partial charge in [0, 0.05) is 0 Å². The Morgan fingerprint density at radius 1 is 0.636 bits per heavy atom. The summed E-state index contributed by atoms with van der Waals surface area (Å²) in [5.74, 6) is 0.783. The van der Waals surface area contributed by atoms with Crippen molar-refractivity contribution in [2.75, 3.05) is 0 Å². The Morgan fingerprint density at radius 3 is 1.23 bits per heavy atom. The molecule has 0 heteroatoms. The van der Waals surface area contributed by atoms with Crippen LogP contribution in [0.1, 0.15) is 112 Å². The lowest BCUT2D eigenvalue weighted by molar-refractivity contribution is 0.561. The van der Waals surface area contributed by atoms with Crippen LogP contribution in [0, 0.1) is 6.92 Å². The third-order valence-corrected chi connectivity index (χ3v) is 2.82. The highest BCUT2D eigenvalue weighted by atomic mass is 14.1. The van der Waals surface area contributed by atoms with E-state index in [-0.39, 0.29) is 0 Å². The summed E-state index contributed by atoms with van der Waals surface area (Å²) in [6.07, 6.45) is 5.24. The van der Waals surface area contributed by atoms with Crippen molar-refractivity contribution in [1.29, 1.82) is 0 Å². The zero-order chi connectivity index (χ0) is 18.4. The third kappa shape index (κ3) is 17.3. The van der Waals surface area contributed by atoms with Crippen molar-refractivity contribution in [2.24, 2.45) is 0 Å². The van der Waals surface area contributed by atoms with Crippen LogP contribution in [0.25, 0.3) is 0 Å². The van der Waals surface area contributed by atoms with Gasteiger partial charge in [0.15, 0.2) is 0 Å². The van der Waals surface area contributed by atoms with Crippen molar-refractivity contribution in [3.05, 3.63) is 35.4 Å². The fourth-order valence-corrected chi connectivity index (χ4v) is 2.01. The Hall–Kier alpha value is -0.780. The molecule has 0 bridgehead atoms. The molecule has 0 spiro atoms. The molecule has 1 aromatic carbocycles. The van der Waals surface area contributed by atoms with Crippen molar-refractivity contribution < 1.29 is 0 Å². The van der Waals surface area contributed by atoms with E-state index in [4.69, 9.17) is 0 Å². The van der Waals surface area contributed by atoms with E-state index in [1.54, 1.807) is 0 Å². The van der Waals surface area contributed by atoms with Gasteiger partial charge in [0.05, 0.1) is 0 Å². The molecule has 22 heavy (non-hydrogen) atoms. The topological polar surface area (TPSA) is 0 Å². The largest absolute Gasteiger partial charge is 0.0683 e. The Morgan fingerprint density at radius 2 is 0.955 bits per heavy atom. The van der Waals surface area contributed by atoms with Crippen molar-refractivity contribution in [3.63, 3.8) is 0 Å². The van der Waals surface area contributed by atoms with E-state index in [2.05, 4.69) is 45.0 Å². The molecule has 0 aliphatic rings. The smallest absolute Gasteiger partial charge is 0.0162 e. The van der Waals surface area contributed by atoms with E-state index in [0.717, 1.165) is 5.92 Å². The number of benzene rings is 1. The van der Waals surface area contributed by atoms with Gasteiger partial charge >= 0.3 is 0 Å². The van der Waals surface area contributed by atoms with E-state index < -0.39 is 0 Å². The fraction of sp³-hybridized carbons (Fsp3) is 0.727. The molecule has 0 fully saturated rings. The third-order valence-electron chi connectivity index (χ3n) is 2.82. The molecule has 134 valence electrons. The van der Waals surface area contributed by atoms with E-state index in [1.807, 2.05) is 55.4 Å². The predicted molar refractivity (Wildman–Crippen MR) is 109 cm³/mol. The van der Waals surface area contributed by atoms with Crippen LogP contribution in [0.5, 0.6) is 0 Å². The Kier molecular flexibility index (Phi) is 37.8. The molecule has 0 atom stereocenters. The molecule has 0 saturated carbocycles. The van der Waals surface area contributed by atoms with Crippen molar-refractivity contribution in [1.82, 2.24) is 0 Å². The van der Waals surface area contributed by atoms with E-state index in [0.29, 0.717) is 0 Å². The van der Waals surface area contributed by atoms with Gasteiger partial charge in [-0.25, -0.2) is 0 Å². The molecular weight excluding hydrogens is 264 g/mol. The summed E-state index contributed by atoms with van der Waals surface area (Å²) in [6.45, 7) is 22.7. The molecule has 0 radical (unpaired) electrons. The van der Waals surface area contributed by atoms with Gasteiger partial charge in [-0.1, -0.05) is 112 Å². The first-order chi connectivity index (χ1) is 10.8. The van der Waals surface area contributed by atoms with Gasteiger partial charge in [-0.15, -0.1) is 0 Å². The van der Waals surface area contributed by atoms with Crippen LogP contribution in [0.4, 0.5) is 0 Å². The Labute approximate surface area is 143 Å². The zero-order valence-electron chi connectivity index (χ0n) is 17.7. The monoisotopic (exact) mass is 310 g/mol. The second-order valence-electron chi connectivity index (χ2n) is 4.18. The molecule has 0 aliphatic carbocycles. The van der Waals surface area contributed by atoms with Crippen LogP contribution in [0.2, 0.25) is 0 Å². The number of rotatable bonds is 5. The fourth-order valence-electron chi connectivity index (χ4n) is 2.01. The van der Waals surface area contributed by atoms with Crippen LogP contribution in [-0.4, -0.2) is 0 Å². The molecule has 1 rings (SSSR count). The maximum atomic E-state index is 2.30. The van der Waals surface area contributed by atoms with E-state index >= 15 is 0 Å². The first-order valence-corrected chi connectivity index (χ1v) is 9.84. The quantitative estimate of drug-likeness (QED) is 0.509. The number of hydrogen-bond acceptors (Lipinski definition) is 0. The zero-order valence-corrected chi connectivity index (χ0v) is 17.7. The van der Waals surface area contributed by atoms with Gasteiger partial charge in [-0.05, 0) is 31.2 Å². The summed E-state index contributed by atoms with van der Waals surface area (Å²) in [7, 11) is 0. The lowest BCUT2D eigenvalue weighted by Crippen LogP contribution is -1.97. The number of hydrogen-bond donors (Lipinski definition) is 0. The molecule has 0 unspecified atom stereocenters. The summed E-state index contributed by atoms with van der Waals surface area (Å²) in [5.41, 5.74) is 2.89. The van der Waals surface area contributed by atoms with Gasteiger partial charge < -0.3 is 0 Å². The van der Waals surface area contributed by atoms with Gasteiger partial charge in [0.1, 0.15) is 0 Å². The minimum absolute atomic E-state index is 0.783. The standard InChI is InChI=1S/C14H22.4C2H6/c1-4-6-13(7-5-2)14-10-8-12(3)9-11-14;4*1-2/h8-11,13H,4-7H2,1-3H3;4*1-2H3. The molecular formula is C22H46. The van der Waals surface area contributed by atoms with Crippen molar-refractivity contribution in [3.8, 4) is 0 Å². The lowest BCUT2D eigenvalue weighted by atomic mass is 9.90. The molecule has 0 N–H and O–H groups in total. The second-order valence-corrected chi connectivity index (χ2v) is 4.18. The predicted octanol–water partition coefficient (Wildman–Crippen LogP) is 8.78. The minimum Gasteiger partial charge on any atom is -0.0683 e. The second kappa shape index (κ2) is 28.4. The highest BCUT2D eigenvalue weighted by Crippen LogP contribution is 2.26. The molecule has 0 saturated heterocycles. The summed E-state index contributed by atoms with van der Waals surface area (Å²) < 4.78 is 0. The van der Waals surface area contributed by atoms with Crippen LogP contribution < -0.4 is 0 Å². The summed E-state index contributed by atoms with van der Waals surface area (Å²) >= 11 is 0. The van der Waals surface area contributed by atoms with Crippen LogP contribution in [-0.2, 0) is 0 Å². The molecule has 0 heterocycles. The van der Waals surface area contributed by atoms with Crippen LogP contribution in [0.3, 0.4) is 0 Å². The molecule has 0 nitrogen and oxygen atoms in total. The van der Waals surface area contributed by atoms with Gasteiger partial charge in [-0.2, -0.15) is 0 Å². The van der Waals surface area contributed by atoms with Gasteiger partial charge in [-0.3, -0.25) is 0 Å². The van der Waals surface area contributed by atoms with Crippen molar-refractivity contribution >= 4 is 0 Å². The maximum Gasteiger partial charge on any atom is -0.0162 e. The van der Waals surface area contributed by atoms with E-state index in [9.17, 15) is 0 Å². The van der Waals surface area contributed by atoms with Crippen LogP contribution in [0.15, 0.2) is 24.3 Å². The van der Waals surface area contributed by atoms with Crippen molar-refractivity contribution in [2.45, 2.75) is 108 Å². The highest BCUT2D eigenvalue weighted by Gasteiger charge is 2.08. The normalized spacial score (nSPS) is 8.00. The first kappa shape index (κ1) is 29.3. The molecule has 0 aliphatic heterocycles. The summed E-state index contributed by atoms with van der Waals surface area (Å²) in [4.78, 5) is 0. The highest BCUT2D eigenvalue weighted by molar-refractivity contribution is 5.24. The summed E-state index contributed by atoms with van der Waals surface area (Å²) in [6, 6.07) is 9.05. The van der Waals surface area contributed by atoms with Gasteiger partial charge in [0.2, 0.25) is 0 Å². The van der Waals surface area contributed by atoms with Crippen LogP contribution >= 0.6 is 0 Å². The first-order valence-electron chi connectivity index (χ1n) is 9.84. The minimum atomic E-state index is 0.783. The lowest BCUT2D eigenvalue weighted by Gasteiger charge is -2.15. The van der Waals surface area contributed by atoms with E-state index in [1.165, 1.54) is 36.8 Å². The average Bonchev–Trinajstić information content (AvgIpc) is 2.62. The SMILES string of the molecule is CC.CC.CC.CC.CCCC(CCC)c1ccc(C)cc1. The Balaban J connectivity index is -0.000000175. The number of aryl methyl sites for hydroxylation is 1. The molecule has 0 amide bonds. The molecule has 1 aromatic rings. The average molecular weight is 311 g/mol. The molecule has 0 aromatic heterocycles. The van der Waals surface area contributed by atoms with Gasteiger partial charge in [0.25, 0.3) is 0 Å². The Bertz CT molecular complexity index is 239. The maximum absolute atomic E-state index is 2.30.